The molecule has 2 radical (unpaired) electrons. The first-order valence-electron chi connectivity index (χ1n) is 2.74. The maximum atomic E-state index is 10.5. The van der Waals surface area contributed by atoms with Crippen molar-refractivity contribution in [2.45, 2.75) is 13.3 Å². The Morgan fingerprint density at radius 3 is 2.30 bits per heavy atom. The molecule has 0 saturated carbocycles. The summed E-state index contributed by atoms with van der Waals surface area (Å²) in [6, 6.07) is 0. The van der Waals surface area contributed by atoms with Crippen LogP contribution in [0.1, 0.15) is 13.3 Å². The van der Waals surface area contributed by atoms with Crippen LogP contribution in [0.5, 0.6) is 0 Å². The van der Waals surface area contributed by atoms with Crippen molar-refractivity contribution in [2.75, 3.05) is 6.54 Å². The maximum Gasteiger partial charge on any atom is 0.223 e. The molecule has 0 spiro atoms. The smallest absolute Gasteiger partial charge is 0.223 e. The molecule has 1 heterocycles. The molecule has 0 saturated heterocycles. The molecule has 0 unspecified atom stereocenters. The molecule has 1 aliphatic heterocycles. The average molecular weight is 213 g/mol. The molecule has 0 aromatic carbocycles. The van der Waals surface area contributed by atoms with Crippen molar-refractivity contribution in [3.63, 3.8) is 0 Å². The number of hydrogen-bond acceptors (Lipinski definition) is 1. The van der Waals surface area contributed by atoms with Gasteiger partial charge in [0.1, 0.15) is 0 Å². The van der Waals surface area contributed by atoms with Gasteiger partial charge in [-0.1, -0.05) is 6.08 Å². The van der Waals surface area contributed by atoms with Crippen LogP contribution >= 0.6 is 0 Å². The minimum absolute atomic E-state index is 0. The molecule has 0 aliphatic carbocycles. The van der Waals surface area contributed by atoms with Crippen LogP contribution in [0.25, 0.3) is 0 Å². The Balaban J connectivity index is 0. The summed E-state index contributed by atoms with van der Waals surface area (Å²) < 4.78 is 0. The van der Waals surface area contributed by atoms with Crippen LogP contribution < -0.4 is 0 Å². The number of hydrogen-bond donors (Lipinski definition) is 0. The maximum absolute atomic E-state index is 10.5. The summed E-state index contributed by atoms with van der Waals surface area (Å²) in [5, 5.41) is 0. The molecule has 2 nitrogen and oxygen atoms in total. The molecule has 0 fully saturated rings. The number of carbonyl (C=O) groups excluding carboxylic acids is 1. The largest absolute Gasteiger partial charge is 0.319 e. The summed E-state index contributed by atoms with van der Waals surface area (Å²) >= 11 is 0. The average Bonchev–Trinajstić information content (AvgIpc) is 2.12. The van der Waals surface area contributed by atoms with Crippen molar-refractivity contribution in [1.29, 1.82) is 0 Å². The Morgan fingerprint density at radius 1 is 1.50 bits per heavy atom. The van der Waals surface area contributed by atoms with Gasteiger partial charge >= 0.3 is 0 Å². The second-order valence-electron chi connectivity index (χ2n) is 1.89. The van der Waals surface area contributed by atoms with Gasteiger partial charge in [0.25, 0.3) is 0 Å². The standard InChI is InChI=1S/C6H9NO.2V/c1-6(8)7-4-2-3-5-7;;/h2,4H,3,5H2,1H3;;. The minimum Gasteiger partial charge on any atom is -0.319 e. The van der Waals surface area contributed by atoms with Crippen molar-refractivity contribution in [3.8, 4) is 0 Å². The SMILES string of the molecule is CC(=O)N1C=CCC1.[V].[V]. The molecule has 1 aliphatic rings. The molecule has 54 valence electrons. The third-order valence-electron chi connectivity index (χ3n) is 1.23. The second-order valence-corrected chi connectivity index (χ2v) is 1.89. The van der Waals surface area contributed by atoms with E-state index in [1.54, 1.807) is 11.8 Å². The zero-order valence-electron chi connectivity index (χ0n) is 5.82. The molecular formula is C6H9NOV2. The number of amides is 1. The van der Waals surface area contributed by atoms with Gasteiger partial charge in [-0.25, -0.2) is 0 Å². The van der Waals surface area contributed by atoms with E-state index >= 15 is 0 Å². The first-order chi connectivity index (χ1) is 3.80. The van der Waals surface area contributed by atoms with Crippen LogP contribution in [0, 0.1) is 0 Å². The molecule has 1 rings (SSSR count). The summed E-state index contributed by atoms with van der Waals surface area (Å²) in [6.45, 7) is 2.45. The molecule has 10 heavy (non-hydrogen) atoms. The van der Waals surface area contributed by atoms with Gasteiger partial charge in [-0.3, -0.25) is 4.79 Å². The number of nitrogens with zero attached hydrogens (tertiary/aromatic N) is 1. The molecule has 0 N–H and O–H groups in total. The van der Waals surface area contributed by atoms with Crippen LogP contribution in [0.15, 0.2) is 12.3 Å². The van der Waals surface area contributed by atoms with Crippen LogP contribution in [0.2, 0.25) is 0 Å². The van der Waals surface area contributed by atoms with E-state index in [1.807, 2.05) is 12.3 Å². The predicted octanol–water partition coefficient (Wildman–Crippen LogP) is 0.747. The fourth-order valence-corrected chi connectivity index (χ4v) is 0.752. The first-order valence-corrected chi connectivity index (χ1v) is 2.74. The van der Waals surface area contributed by atoms with Gasteiger partial charge in [0.2, 0.25) is 5.91 Å². The quantitative estimate of drug-likeness (QED) is 0.581. The second kappa shape index (κ2) is 6.11. The zero-order chi connectivity index (χ0) is 5.98. The van der Waals surface area contributed by atoms with Crippen molar-refractivity contribution in [1.82, 2.24) is 4.90 Å². The summed E-state index contributed by atoms with van der Waals surface area (Å²) in [4.78, 5) is 12.2. The minimum atomic E-state index is 0. The summed E-state index contributed by atoms with van der Waals surface area (Å²) in [6.07, 6.45) is 4.85. The summed E-state index contributed by atoms with van der Waals surface area (Å²) in [5.74, 6) is 0.138. The van der Waals surface area contributed by atoms with Gasteiger partial charge in [0.15, 0.2) is 0 Å². The van der Waals surface area contributed by atoms with E-state index in [4.69, 9.17) is 0 Å². The Labute approximate surface area is 84.8 Å². The predicted molar refractivity (Wildman–Crippen MR) is 31.1 cm³/mol. The zero-order valence-corrected chi connectivity index (χ0v) is 8.61. The van der Waals surface area contributed by atoms with E-state index < -0.39 is 0 Å². The third kappa shape index (κ3) is 3.52. The van der Waals surface area contributed by atoms with Gasteiger partial charge in [-0.05, 0) is 6.42 Å². The Bertz CT molecular complexity index is 136. The molecule has 1 amide bonds. The van der Waals surface area contributed by atoms with Gasteiger partial charge in [-0.2, -0.15) is 0 Å². The summed E-state index contributed by atoms with van der Waals surface area (Å²) in [5.41, 5.74) is 0. The Kier molecular flexibility index (Phi) is 7.95. The van der Waals surface area contributed by atoms with Gasteiger partial charge < -0.3 is 4.90 Å². The molecular weight excluding hydrogens is 204 g/mol. The van der Waals surface area contributed by atoms with Gasteiger partial charge in [-0.15, -0.1) is 0 Å². The van der Waals surface area contributed by atoms with Crippen molar-refractivity contribution in [2.24, 2.45) is 0 Å². The van der Waals surface area contributed by atoms with E-state index in [0.717, 1.165) is 13.0 Å². The topological polar surface area (TPSA) is 20.3 Å². The number of carbonyl (C=O) groups is 1. The fourth-order valence-electron chi connectivity index (χ4n) is 0.752. The first kappa shape index (κ1) is 13.0. The van der Waals surface area contributed by atoms with Crippen LogP contribution in [-0.2, 0) is 41.9 Å². The van der Waals surface area contributed by atoms with E-state index in [-0.39, 0.29) is 43.0 Å². The molecule has 0 bridgehead atoms. The van der Waals surface area contributed by atoms with Crippen molar-refractivity contribution >= 4 is 5.91 Å². The monoisotopic (exact) mass is 213 g/mol. The Hall–Kier alpha value is 0.379. The third-order valence-corrected chi connectivity index (χ3v) is 1.23. The van der Waals surface area contributed by atoms with Crippen LogP contribution in [0.3, 0.4) is 0 Å². The van der Waals surface area contributed by atoms with Crippen molar-refractivity contribution in [3.05, 3.63) is 12.3 Å². The molecule has 4 heteroatoms. The molecule has 0 atom stereocenters. The van der Waals surface area contributed by atoms with E-state index in [2.05, 4.69) is 0 Å². The number of rotatable bonds is 0. The van der Waals surface area contributed by atoms with Gasteiger partial charge in [0.05, 0.1) is 0 Å². The van der Waals surface area contributed by atoms with E-state index in [0.29, 0.717) is 0 Å². The van der Waals surface area contributed by atoms with Crippen LogP contribution in [0.4, 0.5) is 0 Å². The normalized spacial score (nSPS) is 13.9. The van der Waals surface area contributed by atoms with Crippen molar-refractivity contribution < 1.29 is 41.9 Å². The Morgan fingerprint density at radius 2 is 2.10 bits per heavy atom. The molecule has 0 aromatic heterocycles. The van der Waals surface area contributed by atoms with E-state index in [9.17, 15) is 4.79 Å². The summed E-state index contributed by atoms with van der Waals surface area (Å²) in [7, 11) is 0. The van der Waals surface area contributed by atoms with E-state index in [1.165, 1.54) is 0 Å². The molecule has 0 aromatic rings. The van der Waals surface area contributed by atoms with Crippen LogP contribution in [-0.4, -0.2) is 17.4 Å². The fraction of sp³-hybridized carbons (Fsp3) is 0.500. The van der Waals surface area contributed by atoms with Gasteiger partial charge in [0, 0.05) is 56.8 Å².